The molecule has 0 spiro atoms. The van der Waals surface area contributed by atoms with Gasteiger partial charge in [0.1, 0.15) is 10.8 Å². The van der Waals surface area contributed by atoms with Gasteiger partial charge in [-0.25, -0.2) is 9.97 Å². The van der Waals surface area contributed by atoms with Crippen molar-refractivity contribution < 1.29 is 4.74 Å². The molecule has 0 unspecified atom stereocenters. The van der Waals surface area contributed by atoms with Crippen molar-refractivity contribution in [2.45, 2.75) is 17.7 Å². The summed E-state index contributed by atoms with van der Waals surface area (Å²) in [5.41, 5.74) is 3.02. The topological polar surface area (TPSA) is 47.9 Å². The first-order valence-corrected chi connectivity index (χ1v) is 8.73. The number of methoxy groups -OCH3 is 1. The van der Waals surface area contributed by atoms with Crippen molar-refractivity contribution in [2.24, 2.45) is 0 Å². The fourth-order valence-electron chi connectivity index (χ4n) is 2.20. The number of nitrogens with zero attached hydrogens (tertiary/aromatic N) is 3. The second-order valence-corrected chi connectivity index (χ2v) is 6.57. The molecule has 6 heteroatoms. The average molecular weight is 358 g/mol. The molecule has 4 nitrogen and oxygen atoms in total. The van der Waals surface area contributed by atoms with E-state index in [-0.39, 0.29) is 0 Å². The van der Waals surface area contributed by atoms with E-state index in [2.05, 4.69) is 15.0 Å². The van der Waals surface area contributed by atoms with E-state index in [4.69, 9.17) is 16.3 Å². The maximum atomic E-state index is 6.18. The monoisotopic (exact) mass is 357 g/mol. The predicted molar refractivity (Wildman–Crippen MR) is 97.6 cm³/mol. The second kappa shape index (κ2) is 7.64. The van der Waals surface area contributed by atoms with Crippen molar-refractivity contribution in [3.8, 4) is 17.1 Å². The number of ether oxygens (including phenoxy) is 1. The Bertz CT molecular complexity index is 843. The van der Waals surface area contributed by atoms with Crippen LogP contribution >= 0.6 is 23.4 Å². The number of hydrogen-bond acceptors (Lipinski definition) is 5. The molecule has 0 saturated heterocycles. The minimum Gasteiger partial charge on any atom is -0.495 e. The van der Waals surface area contributed by atoms with Crippen LogP contribution in [-0.2, 0) is 5.75 Å². The lowest BCUT2D eigenvalue weighted by Crippen LogP contribution is -1.94. The Hall–Kier alpha value is -2.11. The predicted octanol–water partition coefficient (Wildman–Crippen LogP) is 4.80. The van der Waals surface area contributed by atoms with E-state index >= 15 is 0 Å². The molecule has 0 saturated carbocycles. The molecule has 0 N–H and O–H groups in total. The molecule has 3 rings (SSSR count). The molecule has 0 amide bonds. The summed E-state index contributed by atoms with van der Waals surface area (Å²) < 4.78 is 5.18. The number of aromatic nitrogens is 3. The number of rotatable bonds is 5. The van der Waals surface area contributed by atoms with Crippen LogP contribution in [0, 0.1) is 6.92 Å². The van der Waals surface area contributed by atoms with Crippen LogP contribution in [0.2, 0.25) is 5.02 Å². The zero-order valence-corrected chi connectivity index (χ0v) is 14.9. The van der Waals surface area contributed by atoms with Crippen LogP contribution in [0.4, 0.5) is 0 Å². The smallest absolute Gasteiger partial charge is 0.160 e. The lowest BCUT2D eigenvalue weighted by molar-refractivity contribution is 0.415. The van der Waals surface area contributed by atoms with E-state index in [1.165, 1.54) is 0 Å². The van der Waals surface area contributed by atoms with Gasteiger partial charge in [0, 0.05) is 29.4 Å². The summed E-state index contributed by atoms with van der Waals surface area (Å²) in [5, 5.41) is 1.55. The summed E-state index contributed by atoms with van der Waals surface area (Å²) >= 11 is 7.83. The van der Waals surface area contributed by atoms with E-state index < -0.39 is 0 Å². The van der Waals surface area contributed by atoms with Crippen LogP contribution in [0.1, 0.15) is 11.3 Å². The first-order chi connectivity index (χ1) is 11.7. The van der Waals surface area contributed by atoms with Gasteiger partial charge in [-0.05, 0) is 42.8 Å². The first kappa shape index (κ1) is 16.7. The first-order valence-electron chi connectivity index (χ1n) is 7.37. The van der Waals surface area contributed by atoms with E-state index in [1.807, 2.05) is 43.3 Å². The SMILES string of the molecule is COc1ccc(CSc2cc(C)nc(-c3ccncc3)n2)cc1Cl. The fraction of sp³-hybridized carbons (Fsp3) is 0.167. The van der Waals surface area contributed by atoms with Gasteiger partial charge in [-0.1, -0.05) is 17.7 Å². The second-order valence-electron chi connectivity index (χ2n) is 5.16. The normalized spacial score (nSPS) is 10.6. The molecule has 0 bridgehead atoms. The third kappa shape index (κ3) is 4.04. The van der Waals surface area contributed by atoms with E-state index in [1.54, 1.807) is 31.3 Å². The minimum absolute atomic E-state index is 0.618. The number of aryl methyl sites for hydroxylation is 1. The Morgan fingerprint density at radius 3 is 2.58 bits per heavy atom. The van der Waals surface area contributed by atoms with Crippen molar-refractivity contribution in [3.63, 3.8) is 0 Å². The molecule has 3 aromatic rings. The van der Waals surface area contributed by atoms with E-state index in [0.717, 1.165) is 27.6 Å². The summed E-state index contributed by atoms with van der Waals surface area (Å²) in [4.78, 5) is 13.2. The number of pyridine rings is 1. The van der Waals surface area contributed by atoms with Crippen LogP contribution in [-0.4, -0.2) is 22.1 Å². The average Bonchev–Trinajstić information content (AvgIpc) is 2.60. The van der Waals surface area contributed by atoms with Crippen molar-refractivity contribution in [1.82, 2.24) is 15.0 Å². The molecule has 0 radical (unpaired) electrons. The summed E-state index contributed by atoms with van der Waals surface area (Å²) in [6, 6.07) is 11.6. The van der Waals surface area contributed by atoms with Crippen LogP contribution in [0.5, 0.6) is 5.75 Å². The molecule has 0 atom stereocenters. The standard InChI is InChI=1S/C18H16ClN3OS/c1-12-9-17(22-18(21-12)14-5-7-20-8-6-14)24-11-13-3-4-16(23-2)15(19)10-13/h3-10H,11H2,1-2H3. The molecule has 0 fully saturated rings. The maximum absolute atomic E-state index is 6.18. The van der Waals surface area contributed by atoms with Gasteiger partial charge < -0.3 is 4.74 Å². The molecule has 2 heterocycles. The van der Waals surface area contributed by atoms with Crippen molar-refractivity contribution in [3.05, 3.63) is 65.1 Å². The summed E-state index contributed by atoms with van der Waals surface area (Å²) in [5.74, 6) is 2.17. The van der Waals surface area contributed by atoms with Gasteiger partial charge in [0.2, 0.25) is 0 Å². The Balaban J connectivity index is 1.78. The molecule has 1 aromatic carbocycles. The zero-order chi connectivity index (χ0) is 16.9. The molecular formula is C18H16ClN3OS. The van der Waals surface area contributed by atoms with Gasteiger partial charge in [-0.2, -0.15) is 0 Å². The van der Waals surface area contributed by atoms with Gasteiger partial charge >= 0.3 is 0 Å². The summed E-state index contributed by atoms with van der Waals surface area (Å²) in [6.45, 7) is 1.97. The highest BCUT2D eigenvalue weighted by molar-refractivity contribution is 7.98. The third-order valence-corrected chi connectivity index (χ3v) is 4.65. The molecule has 0 aliphatic carbocycles. The number of halogens is 1. The minimum atomic E-state index is 0.618. The van der Waals surface area contributed by atoms with Gasteiger partial charge in [-0.3, -0.25) is 4.98 Å². The number of hydrogen-bond donors (Lipinski definition) is 0. The molecule has 24 heavy (non-hydrogen) atoms. The highest BCUT2D eigenvalue weighted by Crippen LogP contribution is 2.29. The molecule has 122 valence electrons. The van der Waals surface area contributed by atoms with Crippen molar-refractivity contribution >= 4 is 23.4 Å². The van der Waals surface area contributed by atoms with Crippen LogP contribution in [0.3, 0.4) is 0 Å². The van der Waals surface area contributed by atoms with Gasteiger partial charge in [0.05, 0.1) is 12.1 Å². The largest absolute Gasteiger partial charge is 0.495 e. The van der Waals surface area contributed by atoms with E-state index in [0.29, 0.717) is 16.6 Å². The number of benzene rings is 1. The summed E-state index contributed by atoms with van der Waals surface area (Å²) in [7, 11) is 1.61. The molecular weight excluding hydrogens is 342 g/mol. The highest BCUT2D eigenvalue weighted by Gasteiger charge is 2.07. The van der Waals surface area contributed by atoms with Crippen molar-refractivity contribution in [1.29, 1.82) is 0 Å². The Kier molecular flexibility index (Phi) is 5.33. The molecule has 0 aliphatic heterocycles. The zero-order valence-electron chi connectivity index (χ0n) is 13.4. The lowest BCUT2D eigenvalue weighted by Gasteiger charge is -2.08. The van der Waals surface area contributed by atoms with Gasteiger partial charge in [0.25, 0.3) is 0 Å². The summed E-state index contributed by atoms with van der Waals surface area (Å²) in [6.07, 6.45) is 3.49. The van der Waals surface area contributed by atoms with Crippen LogP contribution in [0.15, 0.2) is 53.8 Å². The van der Waals surface area contributed by atoms with Crippen LogP contribution < -0.4 is 4.74 Å². The Morgan fingerprint density at radius 2 is 1.88 bits per heavy atom. The third-order valence-electron chi connectivity index (χ3n) is 3.37. The van der Waals surface area contributed by atoms with Gasteiger partial charge in [-0.15, -0.1) is 11.8 Å². The van der Waals surface area contributed by atoms with E-state index in [9.17, 15) is 0 Å². The molecule has 0 aliphatic rings. The quantitative estimate of drug-likeness (QED) is 0.484. The Labute approximate surface area is 150 Å². The highest BCUT2D eigenvalue weighted by atomic mass is 35.5. The van der Waals surface area contributed by atoms with Crippen LogP contribution in [0.25, 0.3) is 11.4 Å². The lowest BCUT2D eigenvalue weighted by atomic mass is 10.2. The van der Waals surface area contributed by atoms with Crippen molar-refractivity contribution in [2.75, 3.05) is 7.11 Å². The number of thioether (sulfide) groups is 1. The van der Waals surface area contributed by atoms with Gasteiger partial charge in [0.15, 0.2) is 5.82 Å². The maximum Gasteiger partial charge on any atom is 0.160 e. The Morgan fingerprint density at radius 1 is 1.08 bits per heavy atom. The fourth-order valence-corrected chi connectivity index (χ4v) is 3.38. The molecule has 2 aromatic heterocycles.